The number of rotatable bonds is 2. The highest BCUT2D eigenvalue weighted by Gasteiger charge is 2.45. The van der Waals surface area contributed by atoms with E-state index in [9.17, 15) is 9.59 Å². The van der Waals surface area contributed by atoms with E-state index in [0.29, 0.717) is 13.1 Å². The second-order valence-electron chi connectivity index (χ2n) is 7.84. The third-order valence-electron chi connectivity index (χ3n) is 4.71. The molecule has 0 saturated carbocycles. The number of anilines is 1. The molecule has 2 heterocycles. The molecule has 7 heteroatoms. The van der Waals surface area contributed by atoms with E-state index in [4.69, 9.17) is 9.47 Å². The Labute approximate surface area is 154 Å². The number of hydrogen-bond acceptors (Lipinski definition) is 4. The first-order chi connectivity index (χ1) is 12.3. The van der Waals surface area contributed by atoms with Gasteiger partial charge in [0, 0.05) is 18.8 Å². The van der Waals surface area contributed by atoms with E-state index < -0.39 is 5.60 Å². The molecule has 1 N–H and O–H groups in total. The average Bonchev–Trinajstić information content (AvgIpc) is 2.84. The Morgan fingerprint density at radius 2 is 1.65 bits per heavy atom. The minimum absolute atomic E-state index is 0.0187. The third kappa shape index (κ3) is 4.03. The number of amides is 3. The van der Waals surface area contributed by atoms with Crippen LogP contribution < -0.4 is 10.1 Å². The van der Waals surface area contributed by atoms with Gasteiger partial charge < -0.3 is 19.7 Å². The summed E-state index contributed by atoms with van der Waals surface area (Å²) in [6.45, 7) is 6.65. The summed E-state index contributed by atoms with van der Waals surface area (Å²) < 4.78 is 10.7. The van der Waals surface area contributed by atoms with Gasteiger partial charge in [-0.15, -0.1) is 0 Å². The van der Waals surface area contributed by atoms with Gasteiger partial charge in [-0.1, -0.05) is 0 Å². The van der Waals surface area contributed by atoms with Crippen LogP contribution in [0.15, 0.2) is 24.3 Å². The molecule has 2 aliphatic rings. The molecular formula is C19H27N3O4. The number of nitrogens with zero attached hydrogens (tertiary/aromatic N) is 2. The number of fused-ring (bicyclic) bond motifs is 2. The van der Waals surface area contributed by atoms with E-state index in [0.717, 1.165) is 24.3 Å². The number of methoxy groups -OCH3 is 1. The monoisotopic (exact) mass is 361 g/mol. The predicted molar refractivity (Wildman–Crippen MR) is 98.5 cm³/mol. The molecular weight excluding hydrogens is 334 g/mol. The van der Waals surface area contributed by atoms with Crippen LogP contribution in [0.1, 0.15) is 33.6 Å². The van der Waals surface area contributed by atoms with Crippen LogP contribution >= 0.6 is 0 Å². The lowest BCUT2D eigenvalue weighted by atomic mass is 10.2. The van der Waals surface area contributed by atoms with Crippen molar-refractivity contribution in [2.45, 2.75) is 51.3 Å². The second-order valence-corrected chi connectivity index (χ2v) is 7.84. The van der Waals surface area contributed by atoms with Gasteiger partial charge in [-0.3, -0.25) is 4.90 Å². The molecule has 2 aliphatic heterocycles. The molecule has 2 fully saturated rings. The maximum Gasteiger partial charge on any atom is 0.410 e. The molecule has 0 spiro atoms. The molecule has 2 atom stereocenters. The van der Waals surface area contributed by atoms with Gasteiger partial charge in [-0.2, -0.15) is 0 Å². The highest BCUT2D eigenvalue weighted by molar-refractivity contribution is 5.89. The maximum atomic E-state index is 12.6. The van der Waals surface area contributed by atoms with Gasteiger partial charge in [-0.05, 0) is 57.9 Å². The molecule has 0 aliphatic carbocycles. The van der Waals surface area contributed by atoms with Crippen LogP contribution in [0, 0.1) is 0 Å². The summed E-state index contributed by atoms with van der Waals surface area (Å²) in [4.78, 5) is 28.7. The number of nitrogens with one attached hydrogen (secondary N) is 1. The van der Waals surface area contributed by atoms with E-state index in [-0.39, 0.29) is 24.2 Å². The van der Waals surface area contributed by atoms with Gasteiger partial charge in [0.15, 0.2) is 0 Å². The molecule has 2 saturated heterocycles. The second kappa shape index (κ2) is 7.05. The normalized spacial score (nSPS) is 22.2. The maximum absolute atomic E-state index is 12.6. The van der Waals surface area contributed by atoms with Crippen molar-refractivity contribution in [2.24, 2.45) is 0 Å². The van der Waals surface area contributed by atoms with Crippen LogP contribution in [0.25, 0.3) is 0 Å². The van der Waals surface area contributed by atoms with Crippen molar-refractivity contribution in [2.75, 3.05) is 25.5 Å². The smallest absolute Gasteiger partial charge is 0.410 e. The Morgan fingerprint density at radius 3 is 2.15 bits per heavy atom. The summed E-state index contributed by atoms with van der Waals surface area (Å²) >= 11 is 0. The average molecular weight is 361 g/mol. The fourth-order valence-electron chi connectivity index (χ4n) is 3.56. The molecule has 26 heavy (non-hydrogen) atoms. The van der Waals surface area contributed by atoms with Gasteiger partial charge in [0.05, 0.1) is 19.2 Å². The third-order valence-corrected chi connectivity index (χ3v) is 4.71. The molecule has 1 aromatic rings. The van der Waals surface area contributed by atoms with Gasteiger partial charge >= 0.3 is 12.1 Å². The Kier molecular flexibility index (Phi) is 4.98. The minimum atomic E-state index is -0.514. The summed E-state index contributed by atoms with van der Waals surface area (Å²) in [7, 11) is 1.60. The number of hydrogen-bond donors (Lipinski definition) is 1. The van der Waals surface area contributed by atoms with Crippen molar-refractivity contribution in [1.82, 2.24) is 9.80 Å². The SMILES string of the molecule is COc1ccc(NC(=O)N2C[C@H]3CC[C@@H](C2)N3C(=O)OC(C)(C)C)cc1. The van der Waals surface area contributed by atoms with Crippen LogP contribution in [0.2, 0.25) is 0 Å². The van der Waals surface area contributed by atoms with Crippen molar-refractivity contribution >= 4 is 17.8 Å². The molecule has 1 aromatic carbocycles. The predicted octanol–water partition coefficient (Wildman–Crippen LogP) is 3.31. The lowest BCUT2D eigenvalue weighted by Crippen LogP contribution is -2.58. The lowest BCUT2D eigenvalue weighted by Gasteiger charge is -2.41. The van der Waals surface area contributed by atoms with E-state index in [1.54, 1.807) is 24.1 Å². The number of likely N-dealkylation sites (tertiary alicyclic amines) is 1. The van der Waals surface area contributed by atoms with Gasteiger partial charge in [0.2, 0.25) is 0 Å². The van der Waals surface area contributed by atoms with Crippen molar-refractivity contribution in [3.8, 4) is 5.75 Å². The van der Waals surface area contributed by atoms with Gasteiger partial charge in [0.1, 0.15) is 11.4 Å². The summed E-state index contributed by atoms with van der Waals surface area (Å²) in [5.74, 6) is 0.743. The van der Waals surface area contributed by atoms with Crippen molar-refractivity contribution in [3.63, 3.8) is 0 Å². The molecule has 3 rings (SSSR count). The Bertz CT molecular complexity index is 654. The Balaban J connectivity index is 1.61. The van der Waals surface area contributed by atoms with Crippen molar-refractivity contribution in [1.29, 1.82) is 0 Å². The van der Waals surface area contributed by atoms with Crippen LogP contribution in [0.4, 0.5) is 15.3 Å². The first kappa shape index (κ1) is 18.4. The molecule has 2 bridgehead atoms. The Morgan fingerprint density at radius 1 is 1.08 bits per heavy atom. The number of piperazine rings is 1. The van der Waals surface area contributed by atoms with Crippen molar-refractivity contribution < 1.29 is 19.1 Å². The number of carbonyl (C=O) groups excluding carboxylic acids is 2. The summed E-state index contributed by atoms with van der Waals surface area (Å²) in [5, 5.41) is 2.91. The number of urea groups is 1. The van der Waals surface area contributed by atoms with Gasteiger partial charge in [0.25, 0.3) is 0 Å². The number of carbonyl (C=O) groups is 2. The molecule has 142 valence electrons. The van der Waals surface area contributed by atoms with E-state index in [1.807, 2.05) is 37.8 Å². The number of ether oxygens (including phenoxy) is 2. The standard InChI is InChI=1S/C19H27N3O4/c1-19(2,3)26-18(24)22-14-7-8-15(22)12-21(11-14)17(23)20-13-5-9-16(25-4)10-6-13/h5-6,9-10,14-15H,7-8,11-12H2,1-4H3,(H,20,23)/t14-,15+. The highest BCUT2D eigenvalue weighted by Crippen LogP contribution is 2.32. The summed E-state index contributed by atoms with van der Waals surface area (Å²) in [5.41, 5.74) is 0.206. The van der Waals surface area contributed by atoms with Crippen LogP contribution in [-0.4, -0.2) is 59.8 Å². The fraction of sp³-hybridized carbons (Fsp3) is 0.579. The summed E-state index contributed by atoms with van der Waals surface area (Å²) in [6.07, 6.45) is 1.52. The van der Waals surface area contributed by atoms with Crippen LogP contribution in [0.5, 0.6) is 5.75 Å². The lowest BCUT2D eigenvalue weighted by molar-refractivity contribution is 0.000745. The van der Waals surface area contributed by atoms with E-state index in [2.05, 4.69) is 5.32 Å². The molecule has 0 aromatic heterocycles. The first-order valence-electron chi connectivity index (χ1n) is 8.98. The highest BCUT2D eigenvalue weighted by atomic mass is 16.6. The van der Waals surface area contributed by atoms with E-state index in [1.165, 1.54) is 0 Å². The Hall–Kier alpha value is -2.44. The zero-order valence-electron chi connectivity index (χ0n) is 15.8. The number of benzene rings is 1. The van der Waals surface area contributed by atoms with Gasteiger partial charge in [-0.25, -0.2) is 9.59 Å². The first-order valence-corrected chi connectivity index (χ1v) is 8.98. The van der Waals surface area contributed by atoms with Crippen LogP contribution in [0.3, 0.4) is 0 Å². The molecule has 7 nitrogen and oxygen atoms in total. The summed E-state index contributed by atoms with van der Waals surface area (Å²) in [6, 6.07) is 7.12. The fourth-order valence-corrected chi connectivity index (χ4v) is 3.56. The van der Waals surface area contributed by atoms with E-state index >= 15 is 0 Å². The molecule has 3 amide bonds. The van der Waals surface area contributed by atoms with Crippen LogP contribution in [-0.2, 0) is 4.74 Å². The molecule has 0 radical (unpaired) electrons. The minimum Gasteiger partial charge on any atom is -0.497 e. The zero-order chi connectivity index (χ0) is 18.9. The van der Waals surface area contributed by atoms with Crippen molar-refractivity contribution in [3.05, 3.63) is 24.3 Å². The molecule has 0 unspecified atom stereocenters. The quantitative estimate of drug-likeness (QED) is 0.877. The topological polar surface area (TPSA) is 71.1 Å². The largest absolute Gasteiger partial charge is 0.497 e. The zero-order valence-corrected chi connectivity index (χ0v) is 15.8.